The van der Waals surface area contributed by atoms with E-state index in [1.165, 1.54) is 29.0 Å². The zero-order valence-electron chi connectivity index (χ0n) is 16.3. The van der Waals surface area contributed by atoms with Gasteiger partial charge in [0.2, 0.25) is 0 Å². The first kappa shape index (κ1) is 20.3. The lowest BCUT2D eigenvalue weighted by Crippen LogP contribution is -2.31. The molecule has 1 atom stereocenters. The van der Waals surface area contributed by atoms with Crippen LogP contribution in [0, 0.1) is 6.92 Å². The van der Waals surface area contributed by atoms with Crippen molar-refractivity contribution in [2.24, 2.45) is 7.05 Å². The number of nitrogens with one attached hydrogen (secondary N) is 1. The van der Waals surface area contributed by atoms with Crippen molar-refractivity contribution >= 4 is 35.0 Å². The van der Waals surface area contributed by atoms with E-state index in [0.717, 1.165) is 5.56 Å². The van der Waals surface area contributed by atoms with Gasteiger partial charge in [-0.1, -0.05) is 18.2 Å². The highest BCUT2D eigenvalue weighted by atomic mass is 32.1. The van der Waals surface area contributed by atoms with Crippen LogP contribution in [0.25, 0.3) is 11.8 Å². The van der Waals surface area contributed by atoms with Crippen LogP contribution in [0.2, 0.25) is 0 Å². The fourth-order valence-electron chi connectivity index (χ4n) is 2.74. The number of carbonyl (C=O) groups excluding carboxylic acids is 2. The minimum absolute atomic E-state index is 0.151. The molecule has 1 N–H and O–H groups in total. The Morgan fingerprint density at radius 2 is 1.93 bits per heavy atom. The summed E-state index contributed by atoms with van der Waals surface area (Å²) in [5.41, 5.74) is 1.94. The topological polar surface area (TPSA) is 82.3 Å². The predicted molar refractivity (Wildman–Crippen MR) is 113 cm³/mol. The standard InChI is InChI=1S/C21H21N3O4S/c1-14-19(21(27)24(23(14)3)17-7-5-4-6-8-17)22-20(26)15(2)28-18(25)10-9-16-11-12-29-13-16/h4-13,15H,1-3H3,(H,22,26)/b10-9+/t15-/m1/s1. The van der Waals surface area contributed by atoms with Crippen molar-refractivity contribution in [2.75, 3.05) is 5.32 Å². The number of ether oxygens (including phenoxy) is 1. The molecule has 0 saturated carbocycles. The third-order valence-electron chi connectivity index (χ3n) is 4.42. The smallest absolute Gasteiger partial charge is 0.331 e. The van der Waals surface area contributed by atoms with Crippen molar-refractivity contribution in [3.05, 3.63) is 74.8 Å². The van der Waals surface area contributed by atoms with Crippen LogP contribution in [-0.2, 0) is 21.4 Å². The van der Waals surface area contributed by atoms with Crippen LogP contribution in [0.5, 0.6) is 0 Å². The number of benzene rings is 1. The first-order valence-corrected chi connectivity index (χ1v) is 9.88. The van der Waals surface area contributed by atoms with Gasteiger partial charge in [0.05, 0.1) is 11.4 Å². The largest absolute Gasteiger partial charge is 0.449 e. The van der Waals surface area contributed by atoms with Crippen molar-refractivity contribution in [1.29, 1.82) is 0 Å². The van der Waals surface area contributed by atoms with Gasteiger partial charge in [0.15, 0.2) is 6.10 Å². The minimum Gasteiger partial charge on any atom is -0.449 e. The Bertz CT molecular complexity index is 1100. The van der Waals surface area contributed by atoms with Gasteiger partial charge in [0, 0.05) is 13.1 Å². The molecule has 29 heavy (non-hydrogen) atoms. The second-order valence-corrected chi connectivity index (χ2v) is 7.17. The van der Waals surface area contributed by atoms with E-state index in [1.807, 2.05) is 35.0 Å². The summed E-state index contributed by atoms with van der Waals surface area (Å²) in [6.07, 6.45) is 1.82. The third kappa shape index (κ3) is 4.55. The molecule has 0 saturated heterocycles. The number of hydrogen-bond donors (Lipinski definition) is 1. The Morgan fingerprint density at radius 3 is 2.59 bits per heavy atom. The molecule has 0 aliphatic rings. The molecule has 0 radical (unpaired) electrons. The van der Waals surface area contributed by atoms with Gasteiger partial charge in [-0.05, 0) is 54.4 Å². The molecule has 0 bridgehead atoms. The minimum atomic E-state index is -1.06. The summed E-state index contributed by atoms with van der Waals surface area (Å²) in [4.78, 5) is 37.2. The van der Waals surface area contributed by atoms with E-state index in [4.69, 9.17) is 4.74 Å². The number of nitrogens with zero attached hydrogens (tertiary/aromatic N) is 2. The Hall–Kier alpha value is -3.39. The molecular formula is C21H21N3O4S. The molecule has 0 unspecified atom stereocenters. The molecule has 8 heteroatoms. The van der Waals surface area contributed by atoms with E-state index in [-0.39, 0.29) is 11.2 Å². The molecular weight excluding hydrogens is 390 g/mol. The Balaban J connectivity index is 1.72. The number of rotatable bonds is 6. The van der Waals surface area contributed by atoms with Crippen LogP contribution in [-0.4, -0.2) is 27.3 Å². The van der Waals surface area contributed by atoms with Crippen LogP contribution in [0.1, 0.15) is 18.2 Å². The van der Waals surface area contributed by atoms with Gasteiger partial charge in [-0.3, -0.25) is 14.3 Å². The molecule has 3 aromatic rings. The monoisotopic (exact) mass is 411 g/mol. The van der Waals surface area contributed by atoms with Gasteiger partial charge >= 0.3 is 5.97 Å². The van der Waals surface area contributed by atoms with E-state index in [0.29, 0.717) is 11.4 Å². The summed E-state index contributed by atoms with van der Waals surface area (Å²) in [6, 6.07) is 11.0. The Labute approximate surface area is 171 Å². The highest BCUT2D eigenvalue weighted by Gasteiger charge is 2.22. The quantitative estimate of drug-likeness (QED) is 0.499. The lowest BCUT2D eigenvalue weighted by Gasteiger charge is -2.11. The normalized spacial score (nSPS) is 12.1. The SMILES string of the molecule is Cc1c(NC(=O)[C@@H](C)OC(=O)/C=C/c2ccsc2)c(=O)n(-c2ccccc2)n1C. The zero-order chi connectivity index (χ0) is 21.0. The molecule has 150 valence electrons. The molecule has 2 aromatic heterocycles. The molecule has 7 nitrogen and oxygen atoms in total. The van der Waals surface area contributed by atoms with E-state index in [2.05, 4.69) is 5.32 Å². The number of carbonyl (C=O) groups is 2. The van der Waals surface area contributed by atoms with Crippen LogP contribution in [0.4, 0.5) is 5.69 Å². The van der Waals surface area contributed by atoms with E-state index >= 15 is 0 Å². The van der Waals surface area contributed by atoms with Crippen molar-refractivity contribution in [3.63, 3.8) is 0 Å². The molecule has 1 amide bonds. The number of esters is 1. The summed E-state index contributed by atoms with van der Waals surface area (Å²) in [5, 5.41) is 6.37. The predicted octanol–water partition coefficient (Wildman–Crippen LogP) is 3.13. The first-order valence-electron chi connectivity index (χ1n) is 8.94. The van der Waals surface area contributed by atoms with Crippen molar-refractivity contribution in [1.82, 2.24) is 9.36 Å². The summed E-state index contributed by atoms with van der Waals surface area (Å²) >= 11 is 1.51. The summed E-state index contributed by atoms with van der Waals surface area (Å²) in [7, 11) is 1.73. The lowest BCUT2D eigenvalue weighted by atomic mass is 10.3. The molecule has 0 fully saturated rings. The van der Waals surface area contributed by atoms with E-state index in [9.17, 15) is 14.4 Å². The summed E-state index contributed by atoms with van der Waals surface area (Å²) < 4.78 is 8.26. The van der Waals surface area contributed by atoms with E-state index < -0.39 is 18.0 Å². The van der Waals surface area contributed by atoms with Crippen LogP contribution in [0.15, 0.2) is 58.0 Å². The highest BCUT2D eigenvalue weighted by molar-refractivity contribution is 7.08. The fraction of sp³-hybridized carbons (Fsp3) is 0.190. The van der Waals surface area contributed by atoms with Crippen molar-refractivity contribution in [2.45, 2.75) is 20.0 Å². The van der Waals surface area contributed by atoms with Gasteiger partial charge in [-0.15, -0.1) is 0 Å². The number of aromatic nitrogens is 2. The first-order chi connectivity index (χ1) is 13.9. The van der Waals surface area contributed by atoms with Gasteiger partial charge in [0.25, 0.3) is 11.5 Å². The third-order valence-corrected chi connectivity index (χ3v) is 5.12. The maximum absolute atomic E-state index is 12.8. The molecule has 0 aliphatic heterocycles. The molecule has 0 spiro atoms. The average Bonchev–Trinajstić information content (AvgIpc) is 3.30. The molecule has 1 aromatic carbocycles. The molecule has 0 aliphatic carbocycles. The van der Waals surface area contributed by atoms with Crippen molar-refractivity contribution in [3.8, 4) is 5.69 Å². The second-order valence-electron chi connectivity index (χ2n) is 6.39. The summed E-state index contributed by atoms with van der Waals surface area (Å²) in [6.45, 7) is 3.19. The Morgan fingerprint density at radius 1 is 1.21 bits per heavy atom. The molecule has 2 heterocycles. The van der Waals surface area contributed by atoms with Gasteiger partial charge in [0.1, 0.15) is 5.69 Å². The van der Waals surface area contributed by atoms with Gasteiger partial charge in [-0.2, -0.15) is 11.3 Å². The van der Waals surface area contributed by atoms with Crippen molar-refractivity contribution < 1.29 is 14.3 Å². The van der Waals surface area contributed by atoms with Crippen LogP contribution >= 0.6 is 11.3 Å². The fourth-order valence-corrected chi connectivity index (χ4v) is 3.37. The van der Waals surface area contributed by atoms with Gasteiger partial charge < -0.3 is 10.1 Å². The second kappa shape index (κ2) is 8.74. The summed E-state index contributed by atoms with van der Waals surface area (Å²) in [5.74, 6) is -1.21. The number of anilines is 1. The van der Waals surface area contributed by atoms with E-state index in [1.54, 1.807) is 36.9 Å². The number of para-hydroxylation sites is 1. The number of thiophene rings is 1. The Kier molecular flexibility index (Phi) is 6.13. The van der Waals surface area contributed by atoms with Crippen LogP contribution < -0.4 is 10.9 Å². The van der Waals surface area contributed by atoms with Gasteiger partial charge in [-0.25, -0.2) is 9.48 Å². The maximum atomic E-state index is 12.8. The average molecular weight is 411 g/mol. The lowest BCUT2D eigenvalue weighted by molar-refractivity contribution is -0.148. The maximum Gasteiger partial charge on any atom is 0.331 e. The number of amides is 1. The van der Waals surface area contributed by atoms with Crippen LogP contribution in [0.3, 0.4) is 0 Å². The zero-order valence-corrected chi connectivity index (χ0v) is 17.1. The number of hydrogen-bond acceptors (Lipinski definition) is 5. The highest BCUT2D eigenvalue weighted by Crippen LogP contribution is 2.14. The molecule has 3 rings (SSSR count).